The van der Waals surface area contributed by atoms with Crippen molar-refractivity contribution in [2.45, 2.75) is 44.6 Å². The second-order valence-electron chi connectivity index (χ2n) is 6.64. The summed E-state index contributed by atoms with van der Waals surface area (Å²) in [6.45, 7) is 0. The molecular weight excluding hydrogens is 344 g/mol. The molecule has 1 saturated carbocycles. The number of amides is 1. The predicted octanol–water partition coefficient (Wildman–Crippen LogP) is 3.88. The monoisotopic (exact) mass is 370 g/mol. The number of rotatable bonds is 6. The van der Waals surface area contributed by atoms with Crippen LogP contribution in [0.4, 0.5) is 11.5 Å². The van der Waals surface area contributed by atoms with Crippen molar-refractivity contribution in [1.82, 2.24) is 9.97 Å². The summed E-state index contributed by atoms with van der Waals surface area (Å²) in [6.07, 6.45) is 10.5. The van der Waals surface area contributed by atoms with Gasteiger partial charge in [-0.2, -0.15) is 0 Å². The maximum Gasteiger partial charge on any atom is 0.275 e. The van der Waals surface area contributed by atoms with Crippen LogP contribution in [0.25, 0.3) is 0 Å². The van der Waals surface area contributed by atoms with Crippen molar-refractivity contribution in [3.05, 3.63) is 36.3 Å². The van der Waals surface area contributed by atoms with Gasteiger partial charge in [-0.05, 0) is 25.0 Å². The highest BCUT2D eigenvalue weighted by atomic mass is 16.5. The average molecular weight is 370 g/mol. The van der Waals surface area contributed by atoms with Crippen molar-refractivity contribution in [3.63, 3.8) is 0 Å². The van der Waals surface area contributed by atoms with Gasteiger partial charge in [-0.25, -0.2) is 9.97 Å². The molecule has 2 aromatic rings. The van der Waals surface area contributed by atoms with Crippen LogP contribution in [0.5, 0.6) is 11.5 Å². The molecule has 1 aromatic heterocycles. The standard InChI is InChI=1S/C20H26N4O3/c1-26-15-9-10-16(18(11-15)27-2)24-20(25)17-12-22-19(13-21-17)23-14-7-5-3-4-6-8-14/h9-14H,3-8H2,1-2H3,(H,22,23)(H,24,25). The molecule has 7 heteroatoms. The molecule has 1 amide bonds. The third-order valence-electron chi connectivity index (χ3n) is 4.75. The maximum absolute atomic E-state index is 12.5. The van der Waals surface area contributed by atoms with Gasteiger partial charge in [0, 0.05) is 12.1 Å². The van der Waals surface area contributed by atoms with Crippen LogP contribution in [0.1, 0.15) is 49.0 Å². The fourth-order valence-corrected chi connectivity index (χ4v) is 3.24. The first-order valence-corrected chi connectivity index (χ1v) is 9.31. The predicted molar refractivity (Wildman–Crippen MR) is 105 cm³/mol. The molecule has 7 nitrogen and oxygen atoms in total. The molecule has 0 saturated heterocycles. The van der Waals surface area contributed by atoms with Crippen LogP contribution in [-0.4, -0.2) is 36.1 Å². The second-order valence-corrected chi connectivity index (χ2v) is 6.64. The number of nitrogens with zero attached hydrogens (tertiary/aromatic N) is 2. The number of methoxy groups -OCH3 is 2. The molecule has 0 atom stereocenters. The maximum atomic E-state index is 12.5. The number of hydrogen-bond acceptors (Lipinski definition) is 6. The Bertz CT molecular complexity index is 756. The van der Waals surface area contributed by atoms with E-state index in [1.807, 2.05) is 0 Å². The van der Waals surface area contributed by atoms with Gasteiger partial charge in [-0.15, -0.1) is 0 Å². The summed E-state index contributed by atoms with van der Waals surface area (Å²) in [5, 5.41) is 6.22. The molecule has 0 aliphatic heterocycles. The lowest BCUT2D eigenvalue weighted by Crippen LogP contribution is -2.20. The van der Waals surface area contributed by atoms with E-state index >= 15 is 0 Å². The summed E-state index contributed by atoms with van der Waals surface area (Å²) < 4.78 is 10.5. The van der Waals surface area contributed by atoms with Gasteiger partial charge in [0.2, 0.25) is 0 Å². The van der Waals surface area contributed by atoms with Gasteiger partial charge in [0.05, 0.1) is 32.3 Å². The molecule has 2 N–H and O–H groups in total. The minimum Gasteiger partial charge on any atom is -0.497 e. The van der Waals surface area contributed by atoms with E-state index in [4.69, 9.17) is 9.47 Å². The number of anilines is 2. The molecule has 1 heterocycles. The van der Waals surface area contributed by atoms with E-state index in [-0.39, 0.29) is 11.6 Å². The van der Waals surface area contributed by atoms with Crippen molar-refractivity contribution in [2.75, 3.05) is 24.9 Å². The van der Waals surface area contributed by atoms with Gasteiger partial charge < -0.3 is 20.1 Å². The number of carbonyl (C=O) groups excluding carboxylic acids is 1. The number of nitrogens with one attached hydrogen (secondary N) is 2. The highest BCUT2D eigenvalue weighted by Crippen LogP contribution is 2.29. The molecule has 144 valence electrons. The molecule has 0 radical (unpaired) electrons. The lowest BCUT2D eigenvalue weighted by molar-refractivity contribution is 0.102. The molecule has 27 heavy (non-hydrogen) atoms. The van der Waals surface area contributed by atoms with Gasteiger partial charge in [-0.1, -0.05) is 25.7 Å². The average Bonchev–Trinajstić information content (AvgIpc) is 2.97. The third kappa shape index (κ3) is 5.09. The van der Waals surface area contributed by atoms with Crippen molar-refractivity contribution in [1.29, 1.82) is 0 Å². The fourth-order valence-electron chi connectivity index (χ4n) is 3.24. The first kappa shape index (κ1) is 18.9. The number of carbonyl (C=O) groups is 1. The van der Waals surface area contributed by atoms with E-state index in [9.17, 15) is 4.79 Å². The second kappa shape index (κ2) is 9.21. The van der Waals surface area contributed by atoms with Crippen LogP contribution in [0, 0.1) is 0 Å². The summed E-state index contributed by atoms with van der Waals surface area (Å²) in [4.78, 5) is 21.1. The Balaban J connectivity index is 1.63. The summed E-state index contributed by atoms with van der Waals surface area (Å²) in [5.41, 5.74) is 0.796. The largest absolute Gasteiger partial charge is 0.497 e. The highest BCUT2D eigenvalue weighted by molar-refractivity contribution is 6.03. The lowest BCUT2D eigenvalue weighted by atomic mass is 10.1. The lowest BCUT2D eigenvalue weighted by Gasteiger charge is -2.16. The van der Waals surface area contributed by atoms with Crippen molar-refractivity contribution < 1.29 is 14.3 Å². The minimum atomic E-state index is -0.341. The van der Waals surface area contributed by atoms with E-state index in [1.165, 1.54) is 39.0 Å². The van der Waals surface area contributed by atoms with E-state index < -0.39 is 0 Å². The van der Waals surface area contributed by atoms with Crippen molar-refractivity contribution in [3.8, 4) is 11.5 Å². The number of aromatic nitrogens is 2. The van der Waals surface area contributed by atoms with Crippen LogP contribution < -0.4 is 20.1 Å². The molecular formula is C20H26N4O3. The smallest absolute Gasteiger partial charge is 0.275 e. The summed E-state index contributed by atoms with van der Waals surface area (Å²) in [7, 11) is 3.12. The van der Waals surface area contributed by atoms with Gasteiger partial charge in [-0.3, -0.25) is 4.79 Å². The Labute approximate surface area is 159 Å². The SMILES string of the molecule is COc1ccc(NC(=O)c2cnc(NC3CCCCCC3)cn2)c(OC)c1. The number of benzene rings is 1. The van der Waals surface area contributed by atoms with E-state index in [0.717, 1.165) is 12.8 Å². The molecule has 1 aromatic carbocycles. The van der Waals surface area contributed by atoms with Crippen LogP contribution in [-0.2, 0) is 0 Å². The third-order valence-corrected chi connectivity index (χ3v) is 4.75. The zero-order valence-corrected chi connectivity index (χ0v) is 15.8. The Morgan fingerprint density at radius 2 is 1.81 bits per heavy atom. The fraction of sp³-hybridized carbons (Fsp3) is 0.450. The summed E-state index contributed by atoms with van der Waals surface area (Å²) >= 11 is 0. The van der Waals surface area contributed by atoms with Crippen LogP contribution in [0.3, 0.4) is 0 Å². The van der Waals surface area contributed by atoms with Crippen LogP contribution >= 0.6 is 0 Å². The topological polar surface area (TPSA) is 85.4 Å². The van der Waals surface area contributed by atoms with Gasteiger partial charge in [0.25, 0.3) is 5.91 Å². The highest BCUT2D eigenvalue weighted by Gasteiger charge is 2.15. The van der Waals surface area contributed by atoms with E-state index in [1.54, 1.807) is 31.5 Å². The van der Waals surface area contributed by atoms with E-state index in [0.29, 0.717) is 29.0 Å². The molecule has 1 fully saturated rings. The number of ether oxygens (including phenoxy) is 2. The molecule has 0 unspecified atom stereocenters. The zero-order chi connectivity index (χ0) is 19.1. The Morgan fingerprint density at radius 3 is 2.44 bits per heavy atom. The van der Waals surface area contributed by atoms with Crippen LogP contribution in [0.15, 0.2) is 30.6 Å². The van der Waals surface area contributed by atoms with Crippen molar-refractivity contribution in [2.24, 2.45) is 0 Å². The van der Waals surface area contributed by atoms with E-state index in [2.05, 4.69) is 20.6 Å². The van der Waals surface area contributed by atoms with Crippen molar-refractivity contribution >= 4 is 17.4 Å². The first-order valence-electron chi connectivity index (χ1n) is 9.31. The normalized spacial score (nSPS) is 14.9. The number of hydrogen-bond donors (Lipinski definition) is 2. The molecule has 0 bridgehead atoms. The first-order chi connectivity index (χ1) is 13.2. The summed E-state index contributed by atoms with van der Waals surface area (Å²) in [6, 6.07) is 5.63. The molecule has 0 spiro atoms. The minimum absolute atomic E-state index is 0.249. The summed E-state index contributed by atoms with van der Waals surface area (Å²) in [5.74, 6) is 1.54. The van der Waals surface area contributed by atoms with Crippen LogP contribution in [0.2, 0.25) is 0 Å². The Hall–Kier alpha value is -2.83. The molecule has 1 aliphatic carbocycles. The van der Waals surface area contributed by atoms with Gasteiger partial charge >= 0.3 is 0 Å². The zero-order valence-electron chi connectivity index (χ0n) is 15.8. The Morgan fingerprint density at radius 1 is 1.04 bits per heavy atom. The molecule has 3 rings (SSSR count). The van der Waals surface area contributed by atoms with Gasteiger partial charge in [0.1, 0.15) is 23.0 Å². The Kier molecular flexibility index (Phi) is 6.46. The van der Waals surface area contributed by atoms with Gasteiger partial charge in [0.15, 0.2) is 0 Å². The molecule has 1 aliphatic rings. The quantitative estimate of drug-likeness (QED) is 0.751.